The van der Waals surface area contributed by atoms with Gasteiger partial charge in [0.05, 0.1) is 0 Å². The lowest BCUT2D eigenvalue weighted by atomic mass is 10.0. The number of benzene rings is 1. The molecule has 0 aliphatic rings. The zero-order valence-corrected chi connectivity index (χ0v) is 9.68. The van der Waals surface area contributed by atoms with E-state index >= 15 is 0 Å². The molecule has 0 spiro atoms. The number of aromatic nitrogens is 1. The lowest BCUT2D eigenvalue weighted by Gasteiger charge is -2.05. The minimum absolute atomic E-state index is 0.502. The number of pyridine rings is 1. The van der Waals surface area contributed by atoms with Crippen molar-refractivity contribution in [3.05, 3.63) is 47.8 Å². The summed E-state index contributed by atoms with van der Waals surface area (Å²) < 4.78 is 0. The summed E-state index contributed by atoms with van der Waals surface area (Å²) in [6, 6.07) is 9.42. The van der Waals surface area contributed by atoms with Crippen LogP contribution in [-0.4, -0.2) is 11.3 Å². The standard InChI is InChI=1S/C14H14N2O/c1-2-13-5-3-11(8-16-13)10-4-6-14(15)12(7-10)9-17/h3-9H,2,15H2,1H3. The van der Waals surface area contributed by atoms with Gasteiger partial charge >= 0.3 is 0 Å². The number of hydrogen-bond donors (Lipinski definition) is 1. The fourth-order valence-corrected chi connectivity index (χ4v) is 1.66. The minimum atomic E-state index is 0.502. The third kappa shape index (κ3) is 2.33. The van der Waals surface area contributed by atoms with Crippen LogP contribution in [0, 0.1) is 0 Å². The van der Waals surface area contributed by atoms with Crippen LogP contribution in [0.4, 0.5) is 5.69 Å². The van der Waals surface area contributed by atoms with Crippen LogP contribution in [-0.2, 0) is 6.42 Å². The fourth-order valence-electron chi connectivity index (χ4n) is 1.66. The van der Waals surface area contributed by atoms with E-state index < -0.39 is 0 Å². The Morgan fingerprint density at radius 3 is 2.59 bits per heavy atom. The SMILES string of the molecule is CCc1ccc(-c2ccc(N)c(C=O)c2)cn1. The molecular formula is C14H14N2O. The Balaban J connectivity index is 2.41. The molecular weight excluding hydrogens is 212 g/mol. The van der Waals surface area contributed by atoms with Gasteiger partial charge in [0, 0.05) is 28.7 Å². The van der Waals surface area contributed by atoms with Gasteiger partial charge < -0.3 is 5.73 Å². The van der Waals surface area contributed by atoms with Crippen molar-refractivity contribution in [3.8, 4) is 11.1 Å². The van der Waals surface area contributed by atoms with Gasteiger partial charge in [0.15, 0.2) is 6.29 Å². The topological polar surface area (TPSA) is 56.0 Å². The molecule has 1 aromatic carbocycles. The Morgan fingerprint density at radius 2 is 2.00 bits per heavy atom. The maximum Gasteiger partial charge on any atom is 0.152 e. The van der Waals surface area contributed by atoms with Crippen LogP contribution in [0.5, 0.6) is 0 Å². The molecule has 0 atom stereocenters. The van der Waals surface area contributed by atoms with Gasteiger partial charge in [0.2, 0.25) is 0 Å². The average molecular weight is 226 g/mol. The molecule has 2 N–H and O–H groups in total. The molecule has 3 heteroatoms. The van der Waals surface area contributed by atoms with Crippen molar-refractivity contribution >= 4 is 12.0 Å². The van der Waals surface area contributed by atoms with Gasteiger partial charge in [-0.15, -0.1) is 0 Å². The van der Waals surface area contributed by atoms with Gasteiger partial charge in [-0.1, -0.05) is 19.1 Å². The van der Waals surface area contributed by atoms with E-state index in [1.54, 1.807) is 12.1 Å². The van der Waals surface area contributed by atoms with Gasteiger partial charge in [-0.2, -0.15) is 0 Å². The predicted octanol–water partition coefficient (Wildman–Crippen LogP) is 2.71. The fraction of sp³-hybridized carbons (Fsp3) is 0.143. The summed E-state index contributed by atoms with van der Waals surface area (Å²) in [4.78, 5) is 15.1. The molecule has 86 valence electrons. The maximum absolute atomic E-state index is 10.8. The monoisotopic (exact) mass is 226 g/mol. The van der Waals surface area contributed by atoms with Gasteiger partial charge in [-0.05, 0) is 30.2 Å². The number of anilines is 1. The van der Waals surface area contributed by atoms with Gasteiger partial charge in [-0.3, -0.25) is 9.78 Å². The van der Waals surface area contributed by atoms with Crippen LogP contribution < -0.4 is 5.73 Å². The number of hydrogen-bond acceptors (Lipinski definition) is 3. The molecule has 2 rings (SSSR count). The Morgan fingerprint density at radius 1 is 1.24 bits per heavy atom. The normalized spacial score (nSPS) is 10.2. The first-order valence-electron chi connectivity index (χ1n) is 5.54. The largest absolute Gasteiger partial charge is 0.398 e. The average Bonchev–Trinajstić information content (AvgIpc) is 2.39. The molecule has 0 bridgehead atoms. The highest BCUT2D eigenvalue weighted by Gasteiger charge is 2.03. The Labute approximate surface area is 100 Å². The van der Waals surface area contributed by atoms with E-state index in [4.69, 9.17) is 5.73 Å². The molecule has 0 unspecified atom stereocenters. The highest BCUT2D eigenvalue weighted by molar-refractivity contribution is 5.86. The van der Waals surface area contributed by atoms with Crippen molar-refractivity contribution in [1.82, 2.24) is 4.98 Å². The molecule has 3 nitrogen and oxygen atoms in total. The molecule has 17 heavy (non-hydrogen) atoms. The highest BCUT2D eigenvalue weighted by atomic mass is 16.1. The number of aryl methyl sites for hydroxylation is 1. The van der Waals surface area contributed by atoms with E-state index in [-0.39, 0.29) is 0 Å². The summed E-state index contributed by atoms with van der Waals surface area (Å²) in [6.45, 7) is 2.07. The maximum atomic E-state index is 10.8. The van der Waals surface area contributed by atoms with Crippen LogP contribution >= 0.6 is 0 Å². The quantitative estimate of drug-likeness (QED) is 0.646. The van der Waals surface area contributed by atoms with Crippen LogP contribution in [0.2, 0.25) is 0 Å². The summed E-state index contributed by atoms with van der Waals surface area (Å²) in [6.07, 6.45) is 3.51. The van der Waals surface area contributed by atoms with Crippen molar-refractivity contribution in [1.29, 1.82) is 0 Å². The van der Waals surface area contributed by atoms with Crippen LogP contribution in [0.25, 0.3) is 11.1 Å². The first-order valence-corrected chi connectivity index (χ1v) is 5.54. The van der Waals surface area contributed by atoms with Gasteiger partial charge in [-0.25, -0.2) is 0 Å². The van der Waals surface area contributed by atoms with Crippen LogP contribution in [0.15, 0.2) is 36.5 Å². The zero-order chi connectivity index (χ0) is 12.3. The molecule has 0 radical (unpaired) electrons. The molecule has 0 amide bonds. The van der Waals surface area contributed by atoms with Crippen molar-refractivity contribution in [3.63, 3.8) is 0 Å². The second-order valence-corrected chi connectivity index (χ2v) is 3.85. The van der Waals surface area contributed by atoms with E-state index in [0.29, 0.717) is 11.3 Å². The van der Waals surface area contributed by atoms with Crippen molar-refractivity contribution < 1.29 is 4.79 Å². The third-order valence-corrected chi connectivity index (χ3v) is 2.73. The zero-order valence-electron chi connectivity index (χ0n) is 9.68. The summed E-state index contributed by atoms with van der Waals surface area (Å²) in [7, 11) is 0. The predicted molar refractivity (Wildman–Crippen MR) is 68.9 cm³/mol. The highest BCUT2D eigenvalue weighted by Crippen LogP contribution is 2.22. The summed E-state index contributed by atoms with van der Waals surface area (Å²) >= 11 is 0. The molecule has 0 saturated heterocycles. The van der Waals surface area contributed by atoms with Gasteiger partial charge in [0.25, 0.3) is 0 Å². The molecule has 1 aromatic heterocycles. The molecule has 0 fully saturated rings. The number of nitrogens with zero attached hydrogens (tertiary/aromatic N) is 1. The van der Waals surface area contributed by atoms with E-state index in [0.717, 1.165) is 29.5 Å². The van der Waals surface area contributed by atoms with Gasteiger partial charge in [0.1, 0.15) is 0 Å². The lowest BCUT2D eigenvalue weighted by molar-refractivity contribution is 0.112. The summed E-state index contributed by atoms with van der Waals surface area (Å²) in [5, 5.41) is 0. The molecule has 1 heterocycles. The van der Waals surface area contributed by atoms with E-state index in [9.17, 15) is 4.79 Å². The summed E-state index contributed by atoms with van der Waals surface area (Å²) in [5.74, 6) is 0. The second kappa shape index (κ2) is 4.78. The van der Waals surface area contributed by atoms with Crippen molar-refractivity contribution in [2.75, 3.05) is 5.73 Å². The molecule has 2 aromatic rings. The Bertz CT molecular complexity index is 532. The molecule has 0 saturated carbocycles. The number of nitrogens with two attached hydrogens (primary N) is 1. The second-order valence-electron chi connectivity index (χ2n) is 3.85. The summed E-state index contributed by atoms with van der Waals surface area (Å²) in [5.41, 5.74) is 9.70. The molecule has 0 aliphatic heterocycles. The Kier molecular flexibility index (Phi) is 3.19. The smallest absolute Gasteiger partial charge is 0.152 e. The van der Waals surface area contributed by atoms with Crippen LogP contribution in [0.1, 0.15) is 23.0 Å². The number of carbonyl (C=O) groups excluding carboxylic acids is 1. The first kappa shape index (κ1) is 11.3. The first-order chi connectivity index (χ1) is 8.24. The number of nitrogen functional groups attached to an aromatic ring is 1. The van der Waals surface area contributed by atoms with Crippen molar-refractivity contribution in [2.45, 2.75) is 13.3 Å². The van der Waals surface area contributed by atoms with Crippen LogP contribution in [0.3, 0.4) is 0 Å². The molecule has 0 aliphatic carbocycles. The number of rotatable bonds is 3. The lowest BCUT2D eigenvalue weighted by Crippen LogP contribution is -1.93. The Hall–Kier alpha value is -2.16. The minimum Gasteiger partial charge on any atom is -0.398 e. The third-order valence-electron chi connectivity index (χ3n) is 2.73. The van der Waals surface area contributed by atoms with E-state index in [1.165, 1.54) is 0 Å². The number of carbonyl (C=O) groups is 1. The van der Waals surface area contributed by atoms with Crippen molar-refractivity contribution in [2.24, 2.45) is 0 Å². The number of aldehydes is 1. The van der Waals surface area contributed by atoms with E-state index in [2.05, 4.69) is 11.9 Å². The van der Waals surface area contributed by atoms with E-state index in [1.807, 2.05) is 24.4 Å².